The van der Waals surface area contributed by atoms with Crippen LogP contribution in [0.1, 0.15) is 18.4 Å². The van der Waals surface area contributed by atoms with Crippen LogP contribution in [0, 0.1) is 0 Å². The molecule has 3 aromatic rings. The summed E-state index contributed by atoms with van der Waals surface area (Å²) < 4.78 is 5.20. The van der Waals surface area contributed by atoms with Gasteiger partial charge in [0.15, 0.2) is 0 Å². The van der Waals surface area contributed by atoms with E-state index in [2.05, 4.69) is 49.8 Å². The van der Waals surface area contributed by atoms with Crippen molar-refractivity contribution in [2.45, 2.75) is 25.4 Å². The molecule has 0 radical (unpaired) electrons. The van der Waals surface area contributed by atoms with E-state index in [4.69, 9.17) is 4.74 Å². The maximum absolute atomic E-state index is 10.6. The maximum atomic E-state index is 10.6. The molecule has 2 N–H and O–H groups in total. The molecule has 1 fully saturated rings. The fourth-order valence-electron chi connectivity index (χ4n) is 3.76. The van der Waals surface area contributed by atoms with E-state index in [0.717, 1.165) is 61.4 Å². The van der Waals surface area contributed by atoms with Crippen LogP contribution in [-0.4, -0.2) is 47.5 Å². The van der Waals surface area contributed by atoms with E-state index in [1.807, 2.05) is 36.7 Å². The smallest absolute Gasteiger partial charge is 0.227 e. The van der Waals surface area contributed by atoms with Gasteiger partial charge in [-0.05, 0) is 48.2 Å². The molecule has 7 nitrogen and oxygen atoms in total. The topological polar surface area (TPSA) is 79.4 Å². The van der Waals surface area contributed by atoms with Gasteiger partial charge in [-0.3, -0.25) is 9.69 Å². The third kappa shape index (κ3) is 5.58. The van der Waals surface area contributed by atoms with Crippen molar-refractivity contribution < 1.29 is 9.53 Å². The number of amides is 1. The highest BCUT2D eigenvalue weighted by atomic mass is 16.5. The molecule has 0 unspecified atom stereocenters. The molecule has 1 aliphatic heterocycles. The number of hydrogen-bond donors (Lipinski definition) is 2. The minimum absolute atomic E-state index is 0.316. The van der Waals surface area contributed by atoms with Crippen molar-refractivity contribution in [3.63, 3.8) is 0 Å². The van der Waals surface area contributed by atoms with Crippen LogP contribution >= 0.6 is 0 Å². The molecule has 2 heterocycles. The van der Waals surface area contributed by atoms with Gasteiger partial charge >= 0.3 is 0 Å². The predicted molar refractivity (Wildman–Crippen MR) is 121 cm³/mol. The van der Waals surface area contributed by atoms with Gasteiger partial charge in [-0.15, -0.1) is 0 Å². The highest BCUT2D eigenvalue weighted by molar-refractivity contribution is 5.63. The van der Waals surface area contributed by atoms with Crippen LogP contribution in [0.4, 0.5) is 11.6 Å². The van der Waals surface area contributed by atoms with E-state index in [9.17, 15) is 4.79 Å². The molecule has 0 atom stereocenters. The second-order valence-electron chi connectivity index (χ2n) is 7.68. The lowest BCUT2D eigenvalue weighted by Gasteiger charge is -2.31. The average molecular weight is 418 g/mol. The summed E-state index contributed by atoms with van der Waals surface area (Å²) in [4.78, 5) is 21.9. The number of likely N-dealkylation sites (tertiary alicyclic amines) is 1. The summed E-state index contributed by atoms with van der Waals surface area (Å²) in [5, 5.41) is 6.14. The SMILES string of the molecule is COc1ccc(-c2cnc(Nc3ccc(CN4CCC(NC=O)CC4)cc3)nc2)cc1. The molecular weight excluding hydrogens is 390 g/mol. The van der Waals surface area contributed by atoms with Crippen molar-refractivity contribution >= 4 is 18.0 Å². The molecule has 1 saturated heterocycles. The first-order valence-corrected chi connectivity index (χ1v) is 10.5. The molecule has 1 amide bonds. The largest absolute Gasteiger partial charge is 0.497 e. The second kappa shape index (κ2) is 10.0. The van der Waals surface area contributed by atoms with Crippen LogP contribution in [0.15, 0.2) is 60.9 Å². The first-order chi connectivity index (χ1) is 15.2. The van der Waals surface area contributed by atoms with Gasteiger partial charge < -0.3 is 15.4 Å². The van der Waals surface area contributed by atoms with Gasteiger partial charge in [0.25, 0.3) is 0 Å². The number of anilines is 2. The number of piperidine rings is 1. The quantitative estimate of drug-likeness (QED) is 0.545. The molecule has 0 aliphatic carbocycles. The molecule has 0 bridgehead atoms. The number of methoxy groups -OCH3 is 1. The Morgan fingerprint density at radius 3 is 2.29 bits per heavy atom. The standard InChI is InChI=1S/C24H27N5O2/c1-31-23-8-4-19(5-9-23)20-14-25-24(26-15-20)28-22-6-2-18(3-7-22)16-29-12-10-21(11-13-29)27-17-30/h2-9,14-15,17,21H,10-13,16H2,1H3,(H,27,30)(H,25,26,28). The second-order valence-corrected chi connectivity index (χ2v) is 7.68. The van der Waals surface area contributed by atoms with E-state index in [0.29, 0.717) is 12.0 Å². The molecule has 4 rings (SSSR count). The van der Waals surface area contributed by atoms with Crippen LogP contribution < -0.4 is 15.4 Å². The summed E-state index contributed by atoms with van der Waals surface area (Å²) in [7, 11) is 1.66. The molecular formula is C24H27N5O2. The number of nitrogens with zero attached hydrogens (tertiary/aromatic N) is 3. The number of rotatable bonds is 8. The van der Waals surface area contributed by atoms with Crippen LogP contribution in [0.5, 0.6) is 5.75 Å². The van der Waals surface area contributed by atoms with Crippen LogP contribution in [0.2, 0.25) is 0 Å². The van der Waals surface area contributed by atoms with Gasteiger partial charge in [0.05, 0.1) is 7.11 Å². The molecule has 160 valence electrons. The Kier molecular flexibility index (Phi) is 6.74. The highest BCUT2D eigenvalue weighted by Crippen LogP contribution is 2.22. The zero-order valence-corrected chi connectivity index (χ0v) is 17.6. The molecule has 7 heteroatoms. The Morgan fingerprint density at radius 2 is 1.68 bits per heavy atom. The fraction of sp³-hybridized carbons (Fsp3) is 0.292. The highest BCUT2D eigenvalue weighted by Gasteiger charge is 2.18. The Hall–Kier alpha value is -3.45. The van der Waals surface area contributed by atoms with Crippen molar-refractivity contribution in [3.05, 3.63) is 66.5 Å². The van der Waals surface area contributed by atoms with Crippen molar-refractivity contribution in [2.75, 3.05) is 25.5 Å². The Labute approximate surface area is 182 Å². The minimum Gasteiger partial charge on any atom is -0.497 e. The number of carbonyl (C=O) groups excluding carboxylic acids is 1. The van der Waals surface area contributed by atoms with Crippen molar-refractivity contribution in [1.82, 2.24) is 20.2 Å². The lowest BCUT2D eigenvalue weighted by molar-refractivity contribution is -0.110. The van der Waals surface area contributed by atoms with E-state index >= 15 is 0 Å². The Bertz CT molecular complexity index is 966. The summed E-state index contributed by atoms with van der Waals surface area (Å²) in [6, 6.07) is 16.5. The average Bonchev–Trinajstić information content (AvgIpc) is 2.82. The maximum Gasteiger partial charge on any atom is 0.227 e. The predicted octanol–water partition coefficient (Wildman–Crippen LogP) is 3.61. The van der Waals surface area contributed by atoms with Gasteiger partial charge in [-0.1, -0.05) is 24.3 Å². The van der Waals surface area contributed by atoms with E-state index in [1.54, 1.807) is 7.11 Å². The van der Waals surface area contributed by atoms with E-state index < -0.39 is 0 Å². The molecule has 2 aromatic carbocycles. The van der Waals surface area contributed by atoms with Gasteiger partial charge in [-0.25, -0.2) is 9.97 Å². The van der Waals surface area contributed by atoms with Crippen molar-refractivity contribution in [3.8, 4) is 16.9 Å². The third-order valence-electron chi connectivity index (χ3n) is 5.58. The lowest BCUT2D eigenvalue weighted by Crippen LogP contribution is -2.41. The van der Waals surface area contributed by atoms with Crippen molar-refractivity contribution in [2.24, 2.45) is 0 Å². The van der Waals surface area contributed by atoms with Gasteiger partial charge in [0.1, 0.15) is 5.75 Å². The number of carbonyl (C=O) groups is 1. The monoisotopic (exact) mass is 417 g/mol. The Morgan fingerprint density at radius 1 is 1.00 bits per heavy atom. The number of hydrogen-bond acceptors (Lipinski definition) is 6. The lowest BCUT2D eigenvalue weighted by atomic mass is 10.0. The normalized spacial score (nSPS) is 14.7. The summed E-state index contributed by atoms with van der Waals surface area (Å²) in [5.41, 5.74) is 4.22. The fourth-order valence-corrected chi connectivity index (χ4v) is 3.76. The summed E-state index contributed by atoms with van der Waals surface area (Å²) in [6.45, 7) is 2.92. The van der Waals surface area contributed by atoms with E-state index in [1.165, 1.54) is 5.56 Å². The number of ether oxygens (including phenoxy) is 1. The summed E-state index contributed by atoms with van der Waals surface area (Å²) in [6.07, 6.45) is 6.44. The Balaban J connectivity index is 1.31. The molecule has 31 heavy (non-hydrogen) atoms. The van der Waals surface area contributed by atoms with Gasteiger partial charge in [-0.2, -0.15) is 0 Å². The zero-order chi connectivity index (χ0) is 21.5. The first kappa shape index (κ1) is 20.8. The zero-order valence-electron chi connectivity index (χ0n) is 17.6. The first-order valence-electron chi connectivity index (χ1n) is 10.5. The number of aromatic nitrogens is 2. The summed E-state index contributed by atoms with van der Waals surface area (Å²) in [5.74, 6) is 1.39. The molecule has 1 aliphatic rings. The minimum atomic E-state index is 0.316. The molecule has 0 spiro atoms. The number of benzene rings is 2. The van der Waals surface area contributed by atoms with Crippen molar-refractivity contribution in [1.29, 1.82) is 0 Å². The molecule has 1 aromatic heterocycles. The third-order valence-corrected chi connectivity index (χ3v) is 5.58. The van der Waals surface area contributed by atoms with Crippen LogP contribution in [-0.2, 0) is 11.3 Å². The van der Waals surface area contributed by atoms with E-state index in [-0.39, 0.29) is 0 Å². The molecule has 0 saturated carbocycles. The van der Waals surface area contributed by atoms with Crippen LogP contribution in [0.25, 0.3) is 11.1 Å². The van der Waals surface area contributed by atoms with Crippen LogP contribution in [0.3, 0.4) is 0 Å². The van der Waals surface area contributed by atoms with Gasteiger partial charge in [0, 0.05) is 49.3 Å². The number of nitrogens with one attached hydrogen (secondary N) is 2. The summed E-state index contributed by atoms with van der Waals surface area (Å²) >= 11 is 0. The van der Waals surface area contributed by atoms with Gasteiger partial charge in [0.2, 0.25) is 12.4 Å².